The van der Waals surface area contributed by atoms with Crippen molar-refractivity contribution in [1.29, 1.82) is 0 Å². The Balaban J connectivity index is 1.62. The number of nitrogens with zero attached hydrogens (tertiary/aromatic N) is 1. The van der Waals surface area contributed by atoms with Gasteiger partial charge in [-0.25, -0.2) is 4.98 Å². The zero-order chi connectivity index (χ0) is 18.4. The van der Waals surface area contributed by atoms with Crippen LogP contribution in [0.2, 0.25) is 0 Å². The summed E-state index contributed by atoms with van der Waals surface area (Å²) in [6, 6.07) is 11.0. The second-order valence-electron chi connectivity index (χ2n) is 7.65. The Morgan fingerprint density at radius 2 is 1.96 bits per heavy atom. The quantitative estimate of drug-likeness (QED) is 0.611. The summed E-state index contributed by atoms with van der Waals surface area (Å²) >= 11 is 1.99. The summed E-state index contributed by atoms with van der Waals surface area (Å²) in [4.78, 5) is 10.2. The van der Waals surface area contributed by atoms with Crippen LogP contribution in [0.25, 0.3) is 22.2 Å². The summed E-state index contributed by atoms with van der Waals surface area (Å²) in [6.07, 6.45) is 7.23. The van der Waals surface area contributed by atoms with E-state index in [1.54, 1.807) is 7.11 Å². The van der Waals surface area contributed by atoms with Gasteiger partial charge in [-0.2, -0.15) is 0 Å². The predicted molar refractivity (Wildman–Crippen MR) is 108 cm³/mol. The number of benzene rings is 1. The van der Waals surface area contributed by atoms with Gasteiger partial charge in [0.1, 0.15) is 18.6 Å². The molecule has 0 atom stereocenters. The van der Waals surface area contributed by atoms with Gasteiger partial charge in [0, 0.05) is 28.2 Å². The number of aryl methyl sites for hydroxylation is 1. The fraction of sp³-hybridized carbons (Fsp3) is 0.409. The van der Waals surface area contributed by atoms with E-state index >= 15 is 0 Å². The molecule has 0 amide bonds. The molecule has 1 N–H and O–H groups in total. The van der Waals surface area contributed by atoms with Gasteiger partial charge in [-0.1, -0.05) is 0 Å². The summed E-state index contributed by atoms with van der Waals surface area (Å²) in [5, 5.41) is 1.93. The van der Waals surface area contributed by atoms with E-state index in [9.17, 15) is 0 Å². The summed E-state index contributed by atoms with van der Waals surface area (Å²) in [5.41, 5.74) is 4.40. The molecular weight excluding hydrogens is 356 g/mol. The third kappa shape index (κ3) is 3.41. The normalized spacial score (nSPS) is 16.7. The molecule has 5 rings (SSSR count). The van der Waals surface area contributed by atoms with Gasteiger partial charge < -0.3 is 9.57 Å². The topological polar surface area (TPSA) is 38.1 Å². The maximum absolute atomic E-state index is 6.26. The van der Waals surface area contributed by atoms with Gasteiger partial charge in [-0.3, -0.25) is 0 Å². The molecule has 3 aromatic rings. The number of aromatic amines is 1. The Bertz CT molecular complexity index is 989. The first-order valence-electron chi connectivity index (χ1n) is 9.74. The number of aromatic nitrogens is 2. The first-order valence-corrected chi connectivity index (χ1v) is 10.6. The third-order valence-electron chi connectivity index (χ3n) is 5.31. The average molecular weight is 382 g/mol. The molecule has 4 nitrogen and oxygen atoms in total. The van der Waals surface area contributed by atoms with Crippen molar-refractivity contribution in [3.8, 4) is 16.9 Å². The summed E-state index contributed by atoms with van der Waals surface area (Å²) in [5.74, 6) is 1.72. The number of hydrogen-bond donors (Lipinski definition) is 1. The maximum atomic E-state index is 6.26. The number of ether oxygens (including phenoxy) is 1. The minimum atomic E-state index is 0.735. The van der Waals surface area contributed by atoms with Crippen LogP contribution >= 0.6 is 11.8 Å². The van der Waals surface area contributed by atoms with Crippen LogP contribution in [-0.2, 0) is 0 Å². The number of hydrogen-bond acceptors (Lipinski definition) is 3. The van der Waals surface area contributed by atoms with Gasteiger partial charge in [-0.05, 0) is 66.7 Å². The van der Waals surface area contributed by atoms with E-state index in [2.05, 4.69) is 42.2 Å². The number of thioether (sulfide) groups is 1. The summed E-state index contributed by atoms with van der Waals surface area (Å²) in [7, 11) is 1.70. The highest BCUT2D eigenvalue weighted by Gasteiger charge is 2.26. The Labute approximate surface area is 163 Å². The number of nitrogens with one attached hydrogen (secondary N) is 1. The van der Waals surface area contributed by atoms with E-state index in [0.717, 1.165) is 40.3 Å². The van der Waals surface area contributed by atoms with Crippen LogP contribution in [0, 0.1) is 12.8 Å². The molecule has 2 fully saturated rings. The van der Waals surface area contributed by atoms with Crippen molar-refractivity contribution >= 4 is 22.8 Å². The molecule has 2 aliphatic carbocycles. The molecule has 1 aromatic carbocycles. The second kappa shape index (κ2) is 6.79. The molecule has 140 valence electrons. The first-order chi connectivity index (χ1) is 13.2. The van der Waals surface area contributed by atoms with Gasteiger partial charge in [0.2, 0.25) is 0 Å². The maximum Gasteiger partial charge on any atom is 0.326 e. The van der Waals surface area contributed by atoms with Gasteiger partial charge in [-0.15, -0.1) is 11.8 Å². The minimum absolute atomic E-state index is 0.735. The highest BCUT2D eigenvalue weighted by Crippen LogP contribution is 2.43. The van der Waals surface area contributed by atoms with E-state index in [-0.39, 0.29) is 0 Å². The molecule has 0 spiro atoms. The lowest BCUT2D eigenvalue weighted by Crippen LogP contribution is -2.44. The molecule has 0 unspecified atom stereocenters. The number of pyridine rings is 1. The number of fused-ring (bicyclic) bond motifs is 1. The second-order valence-corrected chi connectivity index (χ2v) is 9.02. The van der Waals surface area contributed by atoms with Crippen LogP contribution in [0.15, 0.2) is 41.4 Å². The number of H-pyrrole nitrogens is 1. The molecule has 0 aliphatic heterocycles. The average Bonchev–Trinajstić information content (AvgIpc) is 3.60. The molecule has 0 saturated heterocycles. The van der Waals surface area contributed by atoms with Gasteiger partial charge >= 0.3 is 5.65 Å². The van der Waals surface area contributed by atoms with Crippen molar-refractivity contribution in [2.45, 2.75) is 42.8 Å². The van der Waals surface area contributed by atoms with Crippen LogP contribution in [0.1, 0.15) is 31.4 Å². The Kier molecular flexibility index (Phi) is 4.27. The molecule has 2 heterocycles. The molecular formula is C22H25N2O2S+. The molecule has 5 heteroatoms. The third-order valence-corrected chi connectivity index (χ3v) is 6.65. The van der Waals surface area contributed by atoms with E-state index < -0.39 is 0 Å². The van der Waals surface area contributed by atoms with Crippen LogP contribution in [-0.4, -0.2) is 24.0 Å². The van der Waals surface area contributed by atoms with Gasteiger partial charge in [0.05, 0.1) is 18.2 Å². The van der Waals surface area contributed by atoms with Crippen LogP contribution in [0.3, 0.4) is 0 Å². The Hall–Kier alpha value is -2.14. The molecule has 0 radical (unpaired) electrons. The number of rotatable bonds is 7. The lowest BCUT2D eigenvalue weighted by atomic mass is 10.0. The molecule has 2 aliphatic rings. The van der Waals surface area contributed by atoms with Crippen molar-refractivity contribution < 1.29 is 14.3 Å². The SMILES string of the molecule is CO[n+]1c(C)cc(-c2cc(SC3CC3)ccc2OCC2CC2)c2cc[nH]c21. The van der Waals surface area contributed by atoms with Gasteiger partial charge in [0.15, 0.2) is 0 Å². The molecule has 2 aromatic heterocycles. The highest BCUT2D eigenvalue weighted by molar-refractivity contribution is 8.00. The highest BCUT2D eigenvalue weighted by atomic mass is 32.2. The molecule has 0 bridgehead atoms. The van der Waals surface area contributed by atoms with E-state index in [4.69, 9.17) is 9.57 Å². The zero-order valence-electron chi connectivity index (χ0n) is 15.8. The van der Waals surface area contributed by atoms with Crippen LogP contribution in [0.4, 0.5) is 0 Å². The van der Waals surface area contributed by atoms with Crippen molar-refractivity contribution in [3.63, 3.8) is 0 Å². The minimum Gasteiger partial charge on any atom is -0.493 e. The van der Waals surface area contributed by atoms with E-state index in [1.165, 1.54) is 41.7 Å². The lowest BCUT2D eigenvalue weighted by Gasteiger charge is -2.15. The van der Waals surface area contributed by atoms with E-state index in [0.29, 0.717) is 0 Å². The monoisotopic (exact) mass is 381 g/mol. The Morgan fingerprint density at radius 1 is 1.11 bits per heavy atom. The smallest absolute Gasteiger partial charge is 0.326 e. The summed E-state index contributed by atoms with van der Waals surface area (Å²) in [6.45, 7) is 2.89. The fourth-order valence-corrected chi connectivity index (χ4v) is 4.60. The summed E-state index contributed by atoms with van der Waals surface area (Å²) < 4.78 is 8.10. The largest absolute Gasteiger partial charge is 0.493 e. The van der Waals surface area contributed by atoms with Crippen LogP contribution in [0.5, 0.6) is 5.75 Å². The fourth-order valence-electron chi connectivity index (χ4n) is 3.51. The standard InChI is InChI=1S/C22H24N2O2S/c1-14-11-19(18-9-10-23-22(18)24(14)25-2)20-12-17(27-16-5-6-16)7-8-21(20)26-13-15-3-4-15/h7-12,15-16H,3-6,13H2,1-2H3/p+1. The van der Waals surface area contributed by atoms with Crippen molar-refractivity contribution in [2.75, 3.05) is 13.7 Å². The van der Waals surface area contributed by atoms with Crippen LogP contribution < -0.4 is 14.3 Å². The van der Waals surface area contributed by atoms with Crippen molar-refractivity contribution in [1.82, 2.24) is 4.98 Å². The van der Waals surface area contributed by atoms with Gasteiger partial charge in [0.25, 0.3) is 0 Å². The zero-order valence-corrected chi connectivity index (χ0v) is 16.6. The van der Waals surface area contributed by atoms with Crippen molar-refractivity contribution in [2.24, 2.45) is 5.92 Å². The molecule has 2 saturated carbocycles. The first kappa shape index (κ1) is 17.0. The van der Waals surface area contributed by atoms with Crippen molar-refractivity contribution in [3.05, 3.63) is 42.2 Å². The lowest BCUT2D eigenvalue weighted by molar-refractivity contribution is -0.870. The molecule has 27 heavy (non-hydrogen) atoms. The predicted octanol–water partition coefficient (Wildman–Crippen LogP) is 4.53. The Morgan fingerprint density at radius 3 is 2.70 bits per heavy atom. The van der Waals surface area contributed by atoms with E-state index in [1.807, 2.05) is 22.7 Å².